The van der Waals surface area contributed by atoms with E-state index in [9.17, 15) is 9.18 Å². The highest BCUT2D eigenvalue weighted by atomic mass is 35.5. The number of carbonyl (C=O) groups is 1. The summed E-state index contributed by atoms with van der Waals surface area (Å²) in [6.07, 6.45) is 6.04. The van der Waals surface area contributed by atoms with Crippen molar-refractivity contribution in [2.24, 2.45) is 0 Å². The highest BCUT2D eigenvalue weighted by Gasteiger charge is 2.23. The maximum atomic E-state index is 13.1. The molecule has 0 saturated carbocycles. The second-order valence-electron chi connectivity index (χ2n) is 5.88. The zero-order valence-electron chi connectivity index (χ0n) is 14.2. The molecule has 1 heterocycles. The van der Waals surface area contributed by atoms with E-state index in [4.69, 9.17) is 11.6 Å². The van der Waals surface area contributed by atoms with Gasteiger partial charge in [-0.3, -0.25) is 4.79 Å². The van der Waals surface area contributed by atoms with Crippen molar-refractivity contribution in [2.45, 2.75) is 45.6 Å². The molecule has 1 atom stereocenters. The highest BCUT2D eigenvalue weighted by Crippen LogP contribution is 2.23. The maximum absolute atomic E-state index is 13.1. The lowest BCUT2D eigenvalue weighted by atomic mass is 9.95. The summed E-state index contributed by atoms with van der Waals surface area (Å²) in [5.74, 6) is -0.0944. The quantitative estimate of drug-likeness (QED) is 0.741. The number of nitrogens with one attached hydrogen (secondary N) is 1. The third-order valence-corrected chi connectivity index (χ3v) is 4.66. The van der Waals surface area contributed by atoms with Crippen LogP contribution in [0.5, 0.6) is 0 Å². The van der Waals surface area contributed by atoms with Gasteiger partial charge in [0, 0.05) is 19.1 Å². The van der Waals surface area contributed by atoms with Crippen molar-refractivity contribution < 1.29 is 13.8 Å². The monoisotopic (exact) mass is 349 g/mol. The van der Waals surface area contributed by atoms with Crippen molar-refractivity contribution in [1.29, 1.82) is 0 Å². The summed E-state index contributed by atoms with van der Waals surface area (Å²) in [5, 5.41) is 2.92. The lowest BCUT2D eigenvalue weighted by Gasteiger charge is -2.13. The normalized spacial score (nSPS) is 12.2. The van der Waals surface area contributed by atoms with Gasteiger partial charge in [0.1, 0.15) is 5.82 Å². The smallest absolute Gasteiger partial charge is 0.293 e. The van der Waals surface area contributed by atoms with E-state index >= 15 is 0 Å². The van der Waals surface area contributed by atoms with Crippen LogP contribution in [0, 0.1) is 5.82 Å². The van der Waals surface area contributed by atoms with Crippen LogP contribution in [0.1, 0.15) is 51.1 Å². The van der Waals surface area contributed by atoms with Crippen LogP contribution in [0.25, 0.3) is 0 Å². The molecule has 0 bridgehead atoms. The van der Waals surface area contributed by atoms with Gasteiger partial charge in [-0.2, -0.15) is 4.57 Å². The van der Waals surface area contributed by atoms with Gasteiger partial charge in [0.25, 0.3) is 5.91 Å². The lowest BCUT2D eigenvalue weighted by molar-refractivity contribution is -0.705. The van der Waals surface area contributed by atoms with E-state index in [0.29, 0.717) is 11.6 Å². The van der Waals surface area contributed by atoms with E-state index in [1.165, 1.54) is 23.8 Å². The topological polar surface area (TPSA) is 33.0 Å². The fourth-order valence-corrected chi connectivity index (χ4v) is 2.92. The molecule has 1 aromatic carbocycles. The molecule has 5 heteroatoms. The van der Waals surface area contributed by atoms with Crippen molar-refractivity contribution in [2.75, 3.05) is 5.32 Å². The molecule has 0 radical (unpaired) electrons. The Morgan fingerprint density at radius 2 is 1.83 bits per heavy atom. The fraction of sp³-hybridized carbons (Fsp3) is 0.368. The van der Waals surface area contributed by atoms with Crippen LogP contribution in [0.15, 0.2) is 42.7 Å². The van der Waals surface area contributed by atoms with Gasteiger partial charge in [0.05, 0.1) is 10.7 Å². The predicted octanol–water partition coefficient (Wildman–Crippen LogP) is 4.87. The van der Waals surface area contributed by atoms with Crippen molar-refractivity contribution in [3.05, 3.63) is 59.1 Å². The van der Waals surface area contributed by atoms with Crippen molar-refractivity contribution in [1.82, 2.24) is 0 Å². The Kier molecular flexibility index (Phi) is 6.32. The number of nitrogens with zero attached hydrogens (tertiary/aromatic N) is 1. The molecule has 0 aliphatic carbocycles. The Morgan fingerprint density at radius 1 is 1.21 bits per heavy atom. The number of aromatic nitrogens is 1. The predicted molar refractivity (Wildman–Crippen MR) is 94.7 cm³/mol. The molecule has 24 heavy (non-hydrogen) atoms. The SMILES string of the molecule is CCC(CC)c1cc[n+]([C@H](C)C(=O)Nc2ccc(F)cc2Cl)cc1. The first kappa shape index (κ1) is 18.4. The minimum atomic E-state index is -0.433. The number of anilines is 1. The minimum absolute atomic E-state index is 0.185. The molecule has 1 amide bonds. The number of carbonyl (C=O) groups excluding carboxylic acids is 1. The van der Waals surface area contributed by atoms with Crippen LogP contribution >= 0.6 is 11.6 Å². The van der Waals surface area contributed by atoms with Crippen LogP contribution in [-0.2, 0) is 4.79 Å². The minimum Gasteiger partial charge on any atom is -0.319 e. The van der Waals surface area contributed by atoms with E-state index in [0.717, 1.165) is 12.8 Å². The van der Waals surface area contributed by atoms with Gasteiger partial charge in [-0.1, -0.05) is 25.4 Å². The maximum Gasteiger partial charge on any atom is 0.293 e. The summed E-state index contributed by atoms with van der Waals surface area (Å²) < 4.78 is 14.9. The van der Waals surface area contributed by atoms with Crippen LogP contribution in [0.3, 0.4) is 0 Å². The zero-order valence-corrected chi connectivity index (χ0v) is 15.0. The Labute approximate surface area is 147 Å². The number of hydrogen-bond donors (Lipinski definition) is 1. The summed E-state index contributed by atoms with van der Waals surface area (Å²) in [6.45, 7) is 6.17. The molecule has 0 aliphatic rings. The molecule has 1 aromatic heterocycles. The van der Waals surface area contributed by atoms with Gasteiger partial charge < -0.3 is 5.32 Å². The van der Waals surface area contributed by atoms with Gasteiger partial charge in [0.15, 0.2) is 12.4 Å². The molecule has 128 valence electrons. The summed E-state index contributed by atoms with van der Waals surface area (Å²) in [6, 6.07) is 7.63. The fourth-order valence-electron chi connectivity index (χ4n) is 2.70. The molecule has 0 aliphatic heterocycles. The molecule has 2 rings (SSSR count). The van der Waals surface area contributed by atoms with Crippen molar-refractivity contribution in [3.8, 4) is 0 Å². The molecule has 0 spiro atoms. The number of amides is 1. The average Bonchev–Trinajstić information content (AvgIpc) is 2.58. The number of halogens is 2. The van der Waals surface area contributed by atoms with Crippen molar-refractivity contribution >= 4 is 23.2 Å². The second kappa shape index (κ2) is 8.25. The highest BCUT2D eigenvalue weighted by molar-refractivity contribution is 6.33. The van der Waals surface area contributed by atoms with E-state index in [2.05, 4.69) is 31.3 Å². The Morgan fingerprint density at radius 3 is 2.38 bits per heavy atom. The third kappa shape index (κ3) is 4.32. The van der Waals surface area contributed by atoms with Crippen LogP contribution < -0.4 is 9.88 Å². The molecular formula is C19H23ClFN2O+. The molecule has 1 N–H and O–H groups in total. The van der Waals surface area contributed by atoms with E-state index < -0.39 is 11.9 Å². The first-order valence-electron chi connectivity index (χ1n) is 8.22. The van der Waals surface area contributed by atoms with Gasteiger partial charge in [-0.05, 0) is 42.5 Å². The third-order valence-electron chi connectivity index (χ3n) is 4.35. The van der Waals surface area contributed by atoms with Gasteiger partial charge in [-0.15, -0.1) is 0 Å². The number of hydrogen-bond acceptors (Lipinski definition) is 1. The molecule has 3 nitrogen and oxygen atoms in total. The van der Waals surface area contributed by atoms with E-state index in [-0.39, 0.29) is 10.9 Å². The number of rotatable bonds is 6. The first-order valence-corrected chi connectivity index (χ1v) is 8.60. The summed E-state index contributed by atoms with van der Waals surface area (Å²) in [5.41, 5.74) is 1.69. The molecule has 0 saturated heterocycles. The van der Waals surface area contributed by atoms with E-state index in [1.54, 1.807) is 0 Å². The van der Waals surface area contributed by atoms with Gasteiger partial charge >= 0.3 is 0 Å². The van der Waals surface area contributed by atoms with Crippen LogP contribution in [-0.4, -0.2) is 5.91 Å². The zero-order chi connectivity index (χ0) is 17.7. The summed E-state index contributed by atoms with van der Waals surface area (Å²) in [7, 11) is 0. The summed E-state index contributed by atoms with van der Waals surface area (Å²) >= 11 is 5.95. The van der Waals surface area contributed by atoms with Gasteiger partial charge in [0.2, 0.25) is 6.04 Å². The Hall–Kier alpha value is -1.94. The van der Waals surface area contributed by atoms with Gasteiger partial charge in [-0.25, -0.2) is 4.39 Å². The van der Waals surface area contributed by atoms with Crippen LogP contribution in [0.2, 0.25) is 5.02 Å². The molecule has 2 aromatic rings. The second-order valence-corrected chi connectivity index (χ2v) is 6.29. The molecule has 0 unspecified atom stereocenters. The number of pyridine rings is 1. The van der Waals surface area contributed by atoms with Crippen molar-refractivity contribution in [3.63, 3.8) is 0 Å². The lowest BCUT2D eigenvalue weighted by Crippen LogP contribution is -2.44. The molecular weight excluding hydrogens is 327 g/mol. The Balaban J connectivity index is 2.10. The Bertz CT molecular complexity index is 699. The standard InChI is InChI=1S/C19H22ClFN2O/c1-4-14(5-2)15-8-10-23(11-9-15)13(3)19(24)22-18-7-6-16(21)12-17(18)20/h6-14H,4-5H2,1-3H3/p+1/t13-/m1/s1. The van der Waals surface area contributed by atoms with Crippen LogP contribution in [0.4, 0.5) is 10.1 Å². The largest absolute Gasteiger partial charge is 0.319 e. The average molecular weight is 350 g/mol. The number of benzene rings is 1. The molecule has 0 fully saturated rings. The summed E-state index contributed by atoms with van der Waals surface area (Å²) in [4.78, 5) is 12.4. The van der Waals surface area contributed by atoms with E-state index in [1.807, 2.05) is 23.9 Å². The first-order chi connectivity index (χ1) is 11.5.